The lowest BCUT2D eigenvalue weighted by Crippen LogP contribution is -2.17. The van der Waals surface area contributed by atoms with E-state index >= 15 is 0 Å². The Morgan fingerprint density at radius 1 is 1.39 bits per heavy atom. The van der Waals surface area contributed by atoms with Crippen molar-refractivity contribution in [1.29, 1.82) is 0 Å². The van der Waals surface area contributed by atoms with Crippen molar-refractivity contribution in [2.24, 2.45) is 0 Å². The van der Waals surface area contributed by atoms with Gasteiger partial charge >= 0.3 is 5.97 Å². The summed E-state index contributed by atoms with van der Waals surface area (Å²) in [7, 11) is 0. The van der Waals surface area contributed by atoms with E-state index in [1.807, 2.05) is 13.8 Å². The summed E-state index contributed by atoms with van der Waals surface area (Å²) in [6.07, 6.45) is -0.715. The van der Waals surface area contributed by atoms with Crippen molar-refractivity contribution in [2.45, 2.75) is 33.8 Å². The number of nitrogens with zero attached hydrogens (tertiary/aromatic N) is 2. The predicted octanol–water partition coefficient (Wildman–Crippen LogP) is 2.82. The summed E-state index contributed by atoms with van der Waals surface area (Å²) < 4.78 is 10.1. The number of aromatic amines is 1. The third-order valence-electron chi connectivity index (χ3n) is 3.56. The minimum Gasteiger partial charge on any atom is -0.449 e. The molecule has 0 aromatic carbocycles. The SMILES string of the molecule is Cc1cc(C(=O)OC(C)c2nc3sc(C)c(C)c3c(=O)[nH]2)on1. The smallest absolute Gasteiger partial charge is 0.377 e. The van der Waals surface area contributed by atoms with Crippen molar-refractivity contribution < 1.29 is 14.1 Å². The van der Waals surface area contributed by atoms with Crippen LogP contribution in [-0.4, -0.2) is 21.1 Å². The Morgan fingerprint density at radius 2 is 2.13 bits per heavy atom. The average Bonchev–Trinajstić information content (AvgIpc) is 3.03. The van der Waals surface area contributed by atoms with Gasteiger partial charge in [0.1, 0.15) is 4.83 Å². The fourth-order valence-electron chi connectivity index (χ4n) is 2.20. The van der Waals surface area contributed by atoms with Crippen LogP contribution in [0.25, 0.3) is 10.2 Å². The summed E-state index contributed by atoms with van der Waals surface area (Å²) in [4.78, 5) is 33.0. The first-order valence-electron chi connectivity index (χ1n) is 7.01. The van der Waals surface area contributed by atoms with Gasteiger partial charge in [-0.3, -0.25) is 4.79 Å². The molecule has 8 heteroatoms. The zero-order valence-corrected chi connectivity index (χ0v) is 13.9. The number of aryl methyl sites for hydroxylation is 3. The number of H-pyrrole nitrogens is 1. The molecule has 0 saturated carbocycles. The number of ether oxygens (including phenoxy) is 1. The third kappa shape index (κ3) is 2.77. The van der Waals surface area contributed by atoms with Crippen LogP contribution in [0, 0.1) is 20.8 Å². The Hall–Kier alpha value is -2.48. The Balaban J connectivity index is 1.90. The van der Waals surface area contributed by atoms with Crippen molar-refractivity contribution in [3.05, 3.63) is 44.1 Å². The maximum atomic E-state index is 12.2. The number of thiophene rings is 1. The van der Waals surface area contributed by atoms with Gasteiger partial charge in [0.05, 0.1) is 11.1 Å². The molecular formula is C15H15N3O4S. The molecule has 3 heterocycles. The quantitative estimate of drug-likeness (QED) is 0.740. The zero-order valence-electron chi connectivity index (χ0n) is 13.1. The molecule has 120 valence electrons. The predicted molar refractivity (Wildman–Crippen MR) is 84.8 cm³/mol. The number of rotatable bonds is 3. The first kappa shape index (κ1) is 15.4. The molecule has 0 saturated heterocycles. The molecule has 1 atom stereocenters. The molecule has 0 aliphatic carbocycles. The van der Waals surface area contributed by atoms with Gasteiger partial charge in [-0.25, -0.2) is 9.78 Å². The van der Waals surface area contributed by atoms with E-state index < -0.39 is 12.1 Å². The molecule has 23 heavy (non-hydrogen) atoms. The number of hydrogen-bond acceptors (Lipinski definition) is 7. The van der Waals surface area contributed by atoms with E-state index in [-0.39, 0.29) is 11.3 Å². The van der Waals surface area contributed by atoms with Crippen molar-refractivity contribution in [1.82, 2.24) is 15.1 Å². The van der Waals surface area contributed by atoms with Crippen LogP contribution in [0.15, 0.2) is 15.4 Å². The van der Waals surface area contributed by atoms with Crippen LogP contribution in [0.2, 0.25) is 0 Å². The van der Waals surface area contributed by atoms with Crippen LogP contribution >= 0.6 is 11.3 Å². The van der Waals surface area contributed by atoms with Crippen LogP contribution in [0.5, 0.6) is 0 Å². The molecule has 3 rings (SSSR count). The maximum absolute atomic E-state index is 12.2. The number of fused-ring (bicyclic) bond motifs is 1. The van der Waals surface area contributed by atoms with Crippen molar-refractivity contribution in [2.75, 3.05) is 0 Å². The number of esters is 1. The lowest BCUT2D eigenvalue weighted by atomic mass is 10.2. The summed E-state index contributed by atoms with van der Waals surface area (Å²) >= 11 is 1.44. The molecular weight excluding hydrogens is 318 g/mol. The molecule has 0 spiro atoms. The summed E-state index contributed by atoms with van der Waals surface area (Å²) in [6, 6.07) is 1.49. The van der Waals surface area contributed by atoms with E-state index in [4.69, 9.17) is 9.26 Å². The Bertz CT molecular complexity index is 953. The number of aromatic nitrogens is 3. The Labute approximate surface area is 135 Å². The highest BCUT2D eigenvalue weighted by molar-refractivity contribution is 7.18. The highest BCUT2D eigenvalue weighted by Crippen LogP contribution is 2.27. The van der Waals surface area contributed by atoms with Gasteiger partial charge in [0.25, 0.3) is 5.56 Å². The van der Waals surface area contributed by atoms with Gasteiger partial charge in [-0.2, -0.15) is 0 Å². The van der Waals surface area contributed by atoms with Crippen LogP contribution in [0.3, 0.4) is 0 Å². The van der Waals surface area contributed by atoms with E-state index in [1.54, 1.807) is 13.8 Å². The molecule has 0 bridgehead atoms. The summed E-state index contributed by atoms with van der Waals surface area (Å²) in [5.41, 5.74) is 1.28. The number of hydrogen-bond donors (Lipinski definition) is 1. The zero-order chi connectivity index (χ0) is 16.7. The first-order valence-corrected chi connectivity index (χ1v) is 7.82. The molecule has 0 radical (unpaired) electrons. The van der Waals surface area contributed by atoms with Gasteiger partial charge < -0.3 is 14.2 Å². The molecule has 3 aromatic heterocycles. The summed E-state index contributed by atoms with van der Waals surface area (Å²) in [5.74, 6) is -0.340. The molecule has 7 nitrogen and oxygen atoms in total. The van der Waals surface area contributed by atoms with Gasteiger partial charge in [-0.1, -0.05) is 5.16 Å². The highest BCUT2D eigenvalue weighted by Gasteiger charge is 2.21. The minimum absolute atomic E-state index is 0.0144. The second-order valence-corrected chi connectivity index (χ2v) is 6.50. The minimum atomic E-state index is -0.715. The van der Waals surface area contributed by atoms with E-state index in [1.165, 1.54) is 17.4 Å². The van der Waals surface area contributed by atoms with E-state index in [2.05, 4.69) is 15.1 Å². The number of carbonyl (C=O) groups is 1. The normalized spacial score (nSPS) is 12.5. The fraction of sp³-hybridized carbons (Fsp3) is 0.333. The van der Waals surface area contributed by atoms with Crippen LogP contribution in [0.1, 0.15) is 45.5 Å². The van der Waals surface area contributed by atoms with Gasteiger partial charge in [0.15, 0.2) is 11.9 Å². The van der Waals surface area contributed by atoms with Gasteiger partial charge in [-0.15, -0.1) is 11.3 Å². The van der Waals surface area contributed by atoms with Crippen molar-refractivity contribution >= 4 is 27.5 Å². The van der Waals surface area contributed by atoms with E-state index in [0.717, 1.165) is 10.4 Å². The molecule has 0 aliphatic heterocycles. The monoisotopic (exact) mass is 333 g/mol. The van der Waals surface area contributed by atoms with Crippen molar-refractivity contribution in [3.63, 3.8) is 0 Å². The molecule has 0 amide bonds. The maximum Gasteiger partial charge on any atom is 0.377 e. The average molecular weight is 333 g/mol. The number of carbonyl (C=O) groups excluding carboxylic acids is 1. The lowest BCUT2D eigenvalue weighted by molar-refractivity contribution is 0.0274. The Morgan fingerprint density at radius 3 is 2.78 bits per heavy atom. The molecule has 0 aliphatic rings. The Kier molecular flexibility index (Phi) is 3.77. The van der Waals surface area contributed by atoms with Crippen LogP contribution in [-0.2, 0) is 4.74 Å². The van der Waals surface area contributed by atoms with Crippen molar-refractivity contribution in [3.8, 4) is 0 Å². The van der Waals surface area contributed by atoms with Crippen LogP contribution < -0.4 is 5.56 Å². The summed E-state index contributed by atoms with van der Waals surface area (Å²) in [5, 5.41) is 4.22. The second kappa shape index (κ2) is 5.62. The van der Waals surface area contributed by atoms with Crippen LogP contribution in [0.4, 0.5) is 0 Å². The fourth-order valence-corrected chi connectivity index (χ4v) is 3.24. The third-order valence-corrected chi connectivity index (χ3v) is 4.66. The van der Waals surface area contributed by atoms with Gasteiger partial charge in [0, 0.05) is 10.9 Å². The largest absolute Gasteiger partial charge is 0.449 e. The topological polar surface area (TPSA) is 98.1 Å². The number of nitrogens with one attached hydrogen (secondary N) is 1. The van der Waals surface area contributed by atoms with E-state index in [0.29, 0.717) is 21.7 Å². The molecule has 3 aromatic rings. The highest BCUT2D eigenvalue weighted by atomic mass is 32.1. The lowest BCUT2D eigenvalue weighted by Gasteiger charge is -2.11. The molecule has 1 unspecified atom stereocenters. The van der Waals surface area contributed by atoms with Gasteiger partial charge in [-0.05, 0) is 33.3 Å². The van der Waals surface area contributed by atoms with E-state index in [9.17, 15) is 9.59 Å². The standard InChI is InChI=1S/C15H15N3O4S/c1-6-5-10(22-18-6)15(20)21-8(3)12-16-13(19)11-7(2)9(4)23-14(11)17-12/h5,8H,1-4H3,(H,16,17,19). The van der Waals surface area contributed by atoms with Gasteiger partial charge in [0.2, 0.25) is 5.76 Å². The second-order valence-electron chi connectivity index (χ2n) is 5.29. The first-order chi connectivity index (χ1) is 10.9. The molecule has 1 N–H and O–H groups in total. The molecule has 0 fully saturated rings. The summed E-state index contributed by atoms with van der Waals surface area (Å²) in [6.45, 7) is 7.17.